The molecule has 0 spiro atoms. The molecule has 0 radical (unpaired) electrons. The molecule has 1 amide bonds. The molecule has 2 rings (SSSR count). The van der Waals surface area contributed by atoms with Crippen molar-refractivity contribution in [3.05, 3.63) is 17.8 Å². The summed E-state index contributed by atoms with van der Waals surface area (Å²) in [5.74, 6) is 1.10. The summed E-state index contributed by atoms with van der Waals surface area (Å²) in [5, 5.41) is 0. The number of carbonyl (C=O) groups is 1. The summed E-state index contributed by atoms with van der Waals surface area (Å²) in [6.45, 7) is 7.13. The highest BCUT2D eigenvalue weighted by molar-refractivity contribution is 5.81. The van der Waals surface area contributed by atoms with Crippen molar-refractivity contribution in [2.45, 2.75) is 33.7 Å². The Labute approximate surface area is 89.3 Å². The molecule has 1 aliphatic heterocycles. The second-order valence-corrected chi connectivity index (χ2v) is 4.95. The van der Waals surface area contributed by atoms with Crippen molar-refractivity contribution in [1.29, 1.82) is 0 Å². The van der Waals surface area contributed by atoms with E-state index in [1.54, 1.807) is 0 Å². The fourth-order valence-electron chi connectivity index (χ4n) is 1.77. The van der Waals surface area contributed by atoms with Crippen molar-refractivity contribution in [2.75, 3.05) is 6.54 Å². The maximum absolute atomic E-state index is 12.0. The van der Waals surface area contributed by atoms with Crippen molar-refractivity contribution in [1.82, 2.24) is 9.88 Å². The molecule has 0 fully saturated rings. The van der Waals surface area contributed by atoms with Gasteiger partial charge in [0.05, 0.1) is 6.54 Å². The number of oxazole rings is 1. The molecule has 0 atom stereocenters. The average Bonchev–Trinajstić information content (AvgIpc) is 2.61. The molecule has 4 nitrogen and oxygen atoms in total. The average molecular weight is 208 g/mol. The summed E-state index contributed by atoms with van der Waals surface area (Å²) in [6.07, 6.45) is 2.23. The smallest absolute Gasteiger partial charge is 0.228 e. The van der Waals surface area contributed by atoms with Gasteiger partial charge in [0.15, 0.2) is 6.39 Å². The summed E-state index contributed by atoms with van der Waals surface area (Å²) in [6, 6.07) is 0. The van der Waals surface area contributed by atoms with Crippen LogP contribution in [-0.2, 0) is 17.8 Å². The summed E-state index contributed by atoms with van der Waals surface area (Å²) in [4.78, 5) is 18.0. The van der Waals surface area contributed by atoms with Crippen LogP contribution in [0.5, 0.6) is 0 Å². The van der Waals surface area contributed by atoms with E-state index in [-0.39, 0.29) is 11.3 Å². The van der Waals surface area contributed by atoms with E-state index in [0.717, 1.165) is 24.4 Å². The van der Waals surface area contributed by atoms with E-state index in [9.17, 15) is 4.79 Å². The fourth-order valence-corrected chi connectivity index (χ4v) is 1.77. The van der Waals surface area contributed by atoms with Crippen LogP contribution < -0.4 is 0 Å². The minimum absolute atomic E-state index is 0.177. The monoisotopic (exact) mass is 208 g/mol. The predicted molar refractivity (Wildman–Crippen MR) is 55.1 cm³/mol. The van der Waals surface area contributed by atoms with E-state index in [2.05, 4.69) is 4.98 Å². The maximum atomic E-state index is 12.0. The zero-order chi connectivity index (χ0) is 11.1. The van der Waals surface area contributed by atoms with Crippen molar-refractivity contribution in [2.24, 2.45) is 5.41 Å². The van der Waals surface area contributed by atoms with Crippen LogP contribution in [-0.4, -0.2) is 22.3 Å². The SMILES string of the molecule is CC(C)(C)C(=O)N1CCc2ocnc2C1. The molecule has 0 bridgehead atoms. The van der Waals surface area contributed by atoms with Crippen LogP contribution in [0.25, 0.3) is 0 Å². The standard InChI is InChI=1S/C11H16N2O2/c1-11(2,3)10(14)13-5-4-9-8(6-13)12-7-15-9/h7H,4-6H2,1-3H3. The van der Waals surface area contributed by atoms with Gasteiger partial charge in [-0.05, 0) is 0 Å². The van der Waals surface area contributed by atoms with Gasteiger partial charge in [-0.2, -0.15) is 0 Å². The summed E-state index contributed by atoms with van der Waals surface area (Å²) >= 11 is 0. The highest BCUT2D eigenvalue weighted by Gasteiger charge is 2.30. The van der Waals surface area contributed by atoms with Crippen molar-refractivity contribution in [3.63, 3.8) is 0 Å². The highest BCUT2D eigenvalue weighted by Crippen LogP contribution is 2.23. The molecular weight excluding hydrogens is 192 g/mol. The number of aromatic nitrogens is 1. The van der Waals surface area contributed by atoms with Crippen LogP contribution in [0.3, 0.4) is 0 Å². The molecule has 4 heteroatoms. The third-order valence-corrected chi connectivity index (χ3v) is 2.60. The van der Waals surface area contributed by atoms with Crippen LogP contribution >= 0.6 is 0 Å². The molecule has 15 heavy (non-hydrogen) atoms. The second kappa shape index (κ2) is 3.36. The van der Waals surface area contributed by atoms with Gasteiger partial charge < -0.3 is 9.32 Å². The third-order valence-electron chi connectivity index (χ3n) is 2.60. The van der Waals surface area contributed by atoms with Crippen molar-refractivity contribution < 1.29 is 9.21 Å². The number of carbonyl (C=O) groups excluding carboxylic acids is 1. The Morgan fingerprint density at radius 3 is 2.93 bits per heavy atom. The summed E-state index contributed by atoms with van der Waals surface area (Å²) in [5.41, 5.74) is 0.583. The molecule has 0 aromatic carbocycles. The first-order valence-electron chi connectivity index (χ1n) is 5.19. The highest BCUT2D eigenvalue weighted by atomic mass is 16.3. The van der Waals surface area contributed by atoms with Gasteiger partial charge in [0.1, 0.15) is 11.5 Å². The Hall–Kier alpha value is -1.32. The maximum Gasteiger partial charge on any atom is 0.228 e. The van der Waals surface area contributed by atoms with Gasteiger partial charge in [-0.3, -0.25) is 4.79 Å². The van der Waals surface area contributed by atoms with Gasteiger partial charge in [0.2, 0.25) is 5.91 Å². The molecule has 0 N–H and O–H groups in total. The lowest BCUT2D eigenvalue weighted by molar-refractivity contribution is -0.140. The molecule has 2 heterocycles. The first kappa shape index (κ1) is 10.2. The van der Waals surface area contributed by atoms with Gasteiger partial charge in [-0.25, -0.2) is 4.98 Å². The first-order valence-corrected chi connectivity index (χ1v) is 5.19. The fraction of sp³-hybridized carbons (Fsp3) is 0.636. The quantitative estimate of drug-likeness (QED) is 0.650. The topological polar surface area (TPSA) is 46.3 Å². The molecule has 82 valence electrons. The Bertz CT molecular complexity index is 376. The molecule has 1 aromatic rings. The van der Waals surface area contributed by atoms with Gasteiger partial charge in [-0.1, -0.05) is 20.8 Å². The first-order chi connectivity index (χ1) is 6.98. The number of hydrogen-bond donors (Lipinski definition) is 0. The predicted octanol–water partition coefficient (Wildman–Crippen LogP) is 1.61. The van der Waals surface area contributed by atoms with Crippen LogP contribution in [0.2, 0.25) is 0 Å². The third kappa shape index (κ3) is 1.89. The van der Waals surface area contributed by atoms with E-state index in [1.165, 1.54) is 6.39 Å². The van der Waals surface area contributed by atoms with Crippen molar-refractivity contribution in [3.8, 4) is 0 Å². The van der Waals surface area contributed by atoms with E-state index in [4.69, 9.17) is 4.42 Å². The van der Waals surface area contributed by atoms with Crippen LogP contribution in [0.1, 0.15) is 32.2 Å². The molecule has 1 aromatic heterocycles. The summed E-state index contributed by atoms with van der Waals surface area (Å²) < 4.78 is 5.22. The molecule has 0 saturated carbocycles. The second-order valence-electron chi connectivity index (χ2n) is 4.95. The van der Waals surface area contributed by atoms with E-state index >= 15 is 0 Å². The number of nitrogens with zero attached hydrogens (tertiary/aromatic N) is 2. The van der Waals surface area contributed by atoms with E-state index in [0.29, 0.717) is 6.54 Å². The number of amides is 1. The van der Waals surface area contributed by atoms with Gasteiger partial charge in [0, 0.05) is 18.4 Å². The lowest BCUT2D eigenvalue weighted by Gasteiger charge is -2.31. The van der Waals surface area contributed by atoms with Crippen LogP contribution in [0.15, 0.2) is 10.8 Å². The largest absolute Gasteiger partial charge is 0.448 e. The Balaban J connectivity index is 2.14. The molecule has 0 aliphatic carbocycles. The number of hydrogen-bond acceptors (Lipinski definition) is 3. The van der Waals surface area contributed by atoms with Crippen molar-refractivity contribution >= 4 is 5.91 Å². The molecule has 0 unspecified atom stereocenters. The zero-order valence-electron chi connectivity index (χ0n) is 9.41. The van der Waals surface area contributed by atoms with Crippen LogP contribution in [0.4, 0.5) is 0 Å². The zero-order valence-corrected chi connectivity index (χ0v) is 9.41. The summed E-state index contributed by atoms with van der Waals surface area (Å²) in [7, 11) is 0. The lowest BCUT2D eigenvalue weighted by atomic mass is 9.94. The Morgan fingerprint density at radius 1 is 1.53 bits per heavy atom. The number of fused-ring (bicyclic) bond motifs is 1. The Morgan fingerprint density at radius 2 is 2.27 bits per heavy atom. The lowest BCUT2D eigenvalue weighted by Crippen LogP contribution is -2.42. The van der Waals surface area contributed by atoms with Gasteiger partial charge >= 0.3 is 0 Å². The Kier molecular flexibility index (Phi) is 2.29. The van der Waals surface area contributed by atoms with Crippen LogP contribution in [0, 0.1) is 5.41 Å². The molecule has 0 saturated heterocycles. The number of rotatable bonds is 0. The normalized spacial score (nSPS) is 16.3. The minimum Gasteiger partial charge on any atom is -0.448 e. The minimum atomic E-state index is -0.318. The molecule has 1 aliphatic rings. The van der Waals surface area contributed by atoms with Gasteiger partial charge in [-0.15, -0.1) is 0 Å². The molecular formula is C11H16N2O2. The van der Waals surface area contributed by atoms with E-state index < -0.39 is 0 Å². The van der Waals surface area contributed by atoms with Gasteiger partial charge in [0.25, 0.3) is 0 Å². The van der Waals surface area contributed by atoms with E-state index in [1.807, 2.05) is 25.7 Å².